The van der Waals surface area contributed by atoms with Crippen molar-refractivity contribution in [2.75, 3.05) is 26.4 Å². The second kappa shape index (κ2) is 6.47. The van der Waals surface area contributed by atoms with E-state index >= 15 is 0 Å². The number of anilines is 1. The van der Waals surface area contributed by atoms with Gasteiger partial charge in [-0.15, -0.1) is 0 Å². The van der Waals surface area contributed by atoms with Gasteiger partial charge in [-0.3, -0.25) is 4.79 Å². The minimum atomic E-state index is -0.925. The fourth-order valence-corrected chi connectivity index (χ4v) is 1.55. The van der Waals surface area contributed by atoms with Crippen LogP contribution < -0.4 is 11.1 Å². The lowest BCUT2D eigenvalue weighted by molar-refractivity contribution is 0.0936. The van der Waals surface area contributed by atoms with Gasteiger partial charge in [0.1, 0.15) is 17.3 Å². The second-order valence-corrected chi connectivity index (χ2v) is 4.82. The summed E-state index contributed by atoms with van der Waals surface area (Å²) in [5.74, 6) is -2.36. The molecule has 106 valence electrons. The van der Waals surface area contributed by atoms with Crippen LogP contribution in [0.4, 0.5) is 14.5 Å². The van der Waals surface area contributed by atoms with Crippen LogP contribution in [0.2, 0.25) is 0 Å². The third-order valence-electron chi connectivity index (χ3n) is 2.73. The van der Waals surface area contributed by atoms with E-state index < -0.39 is 23.2 Å². The molecule has 0 saturated carbocycles. The van der Waals surface area contributed by atoms with E-state index in [-0.39, 0.29) is 11.6 Å². The first-order chi connectivity index (χ1) is 8.81. The van der Waals surface area contributed by atoms with E-state index in [2.05, 4.69) is 5.32 Å². The number of amides is 1. The van der Waals surface area contributed by atoms with Gasteiger partial charge in [0.2, 0.25) is 0 Å². The Balaban J connectivity index is 2.68. The minimum absolute atomic E-state index is 0.0686. The molecule has 1 rings (SSSR count). The monoisotopic (exact) mass is 271 g/mol. The normalized spacial score (nSPS) is 12.5. The van der Waals surface area contributed by atoms with Gasteiger partial charge < -0.3 is 16.0 Å². The summed E-state index contributed by atoms with van der Waals surface area (Å²) >= 11 is 0. The molecule has 0 aliphatic carbocycles. The first-order valence-corrected chi connectivity index (χ1v) is 6.01. The van der Waals surface area contributed by atoms with Crippen molar-refractivity contribution in [3.05, 3.63) is 29.3 Å². The van der Waals surface area contributed by atoms with Crippen molar-refractivity contribution in [1.82, 2.24) is 10.2 Å². The summed E-state index contributed by atoms with van der Waals surface area (Å²) < 4.78 is 26.5. The summed E-state index contributed by atoms with van der Waals surface area (Å²) in [6.45, 7) is 2.65. The van der Waals surface area contributed by atoms with Gasteiger partial charge in [-0.1, -0.05) is 0 Å². The number of carbonyl (C=O) groups excluding carboxylic acids is 1. The summed E-state index contributed by atoms with van der Waals surface area (Å²) in [7, 11) is 3.86. The lowest BCUT2D eigenvalue weighted by Crippen LogP contribution is -2.34. The molecule has 0 aliphatic rings. The SMILES string of the molecule is CC(CCN(C)C)NC(=O)c1cc(F)c(N)c(F)c1. The Labute approximate surface area is 111 Å². The fourth-order valence-electron chi connectivity index (χ4n) is 1.55. The largest absolute Gasteiger partial charge is 0.394 e. The molecule has 1 atom stereocenters. The predicted octanol–water partition coefficient (Wildman–Crippen LogP) is 1.62. The Morgan fingerprint density at radius 3 is 2.37 bits per heavy atom. The number of nitrogens with zero attached hydrogens (tertiary/aromatic N) is 1. The smallest absolute Gasteiger partial charge is 0.251 e. The average molecular weight is 271 g/mol. The molecule has 1 aromatic carbocycles. The lowest BCUT2D eigenvalue weighted by Gasteiger charge is -2.17. The molecule has 1 amide bonds. The molecular formula is C13H19F2N3O. The maximum Gasteiger partial charge on any atom is 0.251 e. The number of nitrogens with two attached hydrogens (primary N) is 1. The van der Waals surface area contributed by atoms with Crippen molar-refractivity contribution < 1.29 is 13.6 Å². The highest BCUT2D eigenvalue weighted by molar-refractivity contribution is 5.94. The molecule has 0 bridgehead atoms. The summed E-state index contributed by atoms with van der Waals surface area (Å²) in [6, 6.07) is 1.79. The van der Waals surface area contributed by atoms with Crippen LogP contribution in [-0.4, -0.2) is 37.5 Å². The Kier molecular flexibility index (Phi) is 5.23. The highest BCUT2D eigenvalue weighted by Crippen LogP contribution is 2.17. The molecule has 0 spiro atoms. The molecular weight excluding hydrogens is 252 g/mol. The van der Waals surface area contributed by atoms with Crippen LogP contribution >= 0.6 is 0 Å². The van der Waals surface area contributed by atoms with E-state index in [1.54, 1.807) is 0 Å². The predicted molar refractivity (Wildman–Crippen MR) is 70.9 cm³/mol. The third-order valence-corrected chi connectivity index (χ3v) is 2.73. The zero-order valence-electron chi connectivity index (χ0n) is 11.3. The van der Waals surface area contributed by atoms with Crippen molar-refractivity contribution in [1.29, 1.82) is 0 Å². The van der Waals surface area contributed by atoms with E-state index in [1.165, 1.54) is 0 Å². The number of carbonyl (C=O) groups is 1. The average Bonchev–Trinajstić information content (AvgIpc) is 2.32. The lowest BCUT2D eigenvalue weighted by atomic mass is 10.1. The van der Waals surface area contributed by atoms with Crippen LogP contribution in [0.3, 0.4) is 0 Å². The number of halogens is 2. The summed E-state index contributed by atoms with van der Waals surface area (Å²) in [5.41, 5.74) is 4.51. The Hall–Kier alpha value is -1.69. The van der Waals surface area contributed by atoms with Gasteiger partial charge in [-0.2, -0.15) is 0 Å². The fraction of sp³-hybridized carbons (Fsp3) is 0.462. The van der Waals surface area contributed by atoms with Gasteiger partial charge in [0.05, 0.1) is 0 Å². The number of hydrogen-bond donors (Lipinski definition) is 2. The van der Waals surface area contributed by atoms with Crippen molar-refractivity contribution in [3.8, 4) is 0 Å². The van der Waals surface area contributed by atoms with Crippen LogP contribution in [0, 0.1) is 11.6 Å². The van der Waals surface area contributed by atoms with Crippen molar-refractivity contribution in [2.45, 2.75) is 19.4 Å². The van der Waals surface area contributed by atoms with Gasteiger partial charge in [0.15, 0.2) is 0 Å². The van der Waals surface area contributed by atoms with Gasteiger partial charge in [-0.05, 0) is 46.1 Å². The van der Waals surface area contributed by atoms with Gasteiger partial charge in [-0.25, -0.2) is 8.78 Å². The number of benzene rings is 1. The summed E-state index contributed by atoms with van der Waals surface area (Å²) in [4.78, 5) is 13.8. The molecule has 0 aromatic heterocycles. The van der Waals surface area contributed by atoms with Gasteiger partial charge in [0.25, 0.3) is 5.91 Å². The molecule has 6 heteroatoms. The second-order valence-electron chi connectivity index (χ2n) is 4.82. The molecule has 0 saturated heterocycles. The molecule has 0 aliphatic heterocycles. The molecule has 0 radical (unpaired) electrons. The quantitative estimate of drug-likeness (QED) is 0.800. The number of nitrogens with one attached hydrogen (secondary N) is 1. The third kappa shape index (κ3) is 4.48. The first-order valence-electron chi connectivity index (χ1n) is 6.01. The standard InChI is InChI=1S/C13H19F2N3O/c1-8(4-5-18(2)3)17-13(19)9-6-10(14)12(16)11(15)7-9/h6-8H,4-5,16H2,1-3H3,(H,17,19). The zero-order valence-corrected chi connectivity index (χ0v) is 11.3. The molecule has 4 nitrogen and oxygen atoms in total. The van der Waals surface area contributed by atoms with E-state index in [0.29, 0.717) is 0 Å². The summed E-state index contributed by atoms with van der Waals surface area (Å²) in [5, 5.41) is 2.69. The van der Waals surface area contributed by atoms with E-state index in [1.807, 2.05) is 25.9 Å². The maximum absolute atomic E-state index is 13.2. The number of nitrogen functional groups attached to an aromatic ring is 1. The number of hydrogen-bond acceptors (Lipinski definition) is 3. The summed E-state index contributed by atoms with van der Waals surface area (Å²) in [6.07, 6.45) is 0.749. The van der Waals surface area contributed by atoms with E-state index in [0.717, 1.165) is 25.1 Å². The minimum Gasteiger partial charge on any atom is -0.394 e. The Morgan fingerprint density at radius 2 is 1.89 bits per heavy atom. The zero-order chi connectivity index (χ0) is 14.6. The topological polar surface area (TPSA) is 58.4 Å². The molecule has 19 heavy (non-hydrogen) atoms. The molecule has 1 aromatic rings. The van der Waals surface area contributed by atoms with E-state index in [4.69, 9.17) is 5.73 Å². The maximum atomic E-state index is 13.2. The number of rotatable bonds is 5. The van der Waals surface area contributed by atoms with Crippen LogP contribution in [0.15, 0.2) is 12.1 Å². The van der Waals surface area contributed by atoms with Crippen LogP contribution in [0.5, 0.6) is 0 Å². The molecule has 3 N–H and O–H groups in total. The molecule has 1 unspecified atom stereocenters. The van der Waals surface area contributed by atoms with Gasteiger partial charge in [0, 0.05) is 11.6 Å². The van der Waals surface area contributed by atoms with Crippen molar-refractivity contribution in [2.24, 2.45) is 0 Å². The van der Waals surface area contributed by atoms with Crippen LogP contribution in [-0.2, 0) is 0 Å². The van der Waals surface area contributed by atoms with E-state index in [9.17, 15) is 13.6 Å². The Morgan fingerprint density at radius 1 is 1.37 bits per heavy atom. The van der Waals surface area contributed by atoms with Crippen LogP contribution in [0.25, 0.3) is 0 Å². The first kappa shape index (κ1) is 15.4. The van der Waals surface area contributed by atoms with Crippen molar-refractivity contribution in [3.63, 3.8) is 0 Å². The highest BCUT2D eigenvalue weighted by Gasteiger charge is 2.14. The van der Waals surface area contributed by atoms with Crippen LogP contribution in [0.1, 0.15) is 23.7 Å². The van der Waals surface area contributed by atoms with Gasteiger partial charge >= 0.3 is 0 Å². The van der Waals surface area contributed by atoms with Crippen molar-refractivity contribution >= 4 is 11.6 Å². The Bertz CT molecular complexity index is 440. The molecule has 0 heterocycles. The molecule has 0 fully saturated rings. The highest BCUT2D eigenvalue weighted by atomic mass is 19.1.